The van der Waals surface area contributed by atoms with Gasteiger partial charge in [0.25, 0.3) is 0 Å². The average molecular weight is 475 g/mol. The molecule has 3 heterocycles. The Morgan fingerprint density at radius 3 is 2.48 bits per heavy atom. The number of nitrogens with zero attached hydrogens (tertiary/aromatic N) is 4. The molecule has 0 amide bonds. The molecule has 6 heteroatoms. The predicted octanol–water partition coefficient (Wildman–Crippen LogP) is 6.63. The van der Waals surface area contributed by atoms with Crippen LogP contribution in [0.5, 0.6) is 0 Å². The minimum absolute atomic E-state index is 0.487. The van der Waals surface area contributed by atoms with Crippen LogP contribution >= 0.6 is 22.9 Å². The molecular weight excluding hydrogens is 448 g/mol. The van der Waals surface area contributed by atoms with Gasteiger partial charge in [0.15, 0.2) is 5.82 Å². The van der Waals surface area contributed by atoms with Crippen LogP contribution in [0.2, 0.25) is 5.02 Å². The first kappa shape index (κ1) is 22.1. The number of hydrogen-bond acceptors (Lipinski definition) is 4. The van der Waals surface area contributed by atoms with Crippen LogP contribution in [-0.4, -0.2) is 20.5 Å². The molecule has 168 valence electrons. The fourth-order valence-electron chi connectivity index (χ4n) is 4.36. The Kier molecular flexibility index (Phi) is 6.17. The molecule has 1 aliphatic rings. The van der Waals surface area contributed by atoms with Crippen molar-refractivity contribution < 1.29 is 0 Å². The van der Waals surface area contributed by atoms with Crippen molar-refractivity contribution in [3.05, 3.63) is 98.4 Å². The van der Waals surface area contributed by atoms with Crippen molar-refractivity contribution in [1.29, 1.82) is 0 Å². The van der Waals surface area contributed by atoms with Gasteiger partial charge >= 0.3 is 0 Å². The van der Waals surface area contributed by atoms with Crippen molar-refractivity contribution in [2.24, 2.45) is 10.9 Å². The van der Waals surface area contributed by atoms with Crippen molar-refractivity contribution in [3.63, 3.8) is 0 Å². The molecule has 0 fully saturated rings. The Morgan fingerprint density at radius 2 is 1.73 bits per heavy atom. The normalized spacial score (nSPS) is 12.9. The third-order valence-electron chi connectivity index (χ3n) is 5.95. The number of aliphatic imine (C=N–C) groups is 1. The largest absolute Gasteiger partial charge is 0.276 e. The molecule has 4 nitrogen and oxygen atoms in total. The zero-order valence-electron chi connectivity index (χ0n) is 19.2. The lowest BCUT2D eigenvalue weighted by Crippen LogP contribution is -2.05. The highest BCUT2D eigenvalue weighted by Gasteiger charge is 2.25. The van der Waals surface area contributed by atoms with Gasteiger partial charge in [0.2, 0.25) is 0 Å². The lowest BCUT2D eigenvalue weighted by molar-refractivity contribution is 0.647. The minimum atomic E-state index is 0.487. The molecule has 0 unspecified atom stereocenters. The number of fused-ring (bicyclic) bond motifs is 3. The van der Waals surface area contributed by atoms with E-state index in [0.29, 0.717) is 17.5 Å². The second-order valence-electron chi connectivity index (χ2n) is 8.99. The molecule has 0 atom stereocenters. The third-order valence-corrected chi connectivity index (χ3v) is 7.46. The summed E-state index contributed by atoms with van der Waals surface area (Å²) in [6.07, 6.45) is 3.12. The quantitative estimate of drug-likeness (QED) is 0.315. The zero-order valence-corrected chi connectivity index (χ0v) is 20.7. The summed E-state index contributed by atoms with van der Waals surface area (Å²) in [6, 6.07) is 19.3. The molecule has 2 aromatic carbocycles. The number of benzene rings is 2. The molecule has 4 aromatic rings. The maximum atomic E-state index is 6.57. The van der Waals surface area contributed by atoms with Crippen LogP contribution < -0.4 is 0 Å². The molecule has 2 aromatic heterocycles. The Hall–Kier alpha value is -2.76. The molecule has 0 saturated heterocycles. The molecule has 5 rings (SSSR count). The second kappa shape index (κ2) is 9.24. The van der Waals surface area contributed by atoms with Crippen LogP contribution in [0.1, 0.15) is 52.6 Å². The van der Waals surface area contributed by atoms with Crippen LogP contribution in [0.4, 0.5) is 0 Å². The molecule has 0 saturated carbocycles. The van der Waals surface area contributed by atoms with E-state index in [1.807, 2.05) is 31.2 Å². The highest BCUT2D eigenvalue weighted by atomic mass is 35.5. The van der Waals surface area contributed by atoms with Gasteiger partial charge in [-0.2, -0.15) is 0 Å². The summed E-state index contributed by atoms with van der Waals surface area (Å²) in [5, 5.41) is 10.5. The van der Waals surface area contributed by atoms with E-state index in [1.54, 1.807) is 11.3 Å². The topological polar surface area (TPSA) is 43.1 Å². The number of thiophene rings is 1. The fourth-order valence-corrected chi connectivity index (χ4v) is 5.81. The summed E-state index contributed by atoms with van der Waals surface area (Å²) in [4.78, 5) is 6.26. The first-order chi connectivity index (χ1) is 16.0. The fraction of sp³-hybridized carbons (Fsp3) is 0.296. The van der Waals surface area contributed by atoms with E-state index in [2.05, 4.69) is 58.9 Å². The first-order valence-corrected chi connectivity index (χ1v) is 12.6. The van der Waals surface area contributed by atoms with Crippen molar-refractivity contribution in [2.45, 2.75) is 46.6 Å². The predicted molar refractivity (Wildman–Crippen MR) is 137 cm³/mol. The number of aromatic nitrogens is 3. The van der Waals surface area contributed by atoms with E-state index in [-0.39, 0.29) is 0 Å². The Balaban J connectivity index is 1.47. The maximum absolute atomic E-state index is 6.57. The number of hydrogen-bond donors (Lipinski definition) is 0. The molecule has 33 heavy (non-hydrogen) atoms. The standard InChI is InChI=1S/C27H27ClN4S/c1-17(2)14-20-10-8-19(9-11-20)12-13-21-15-23-26(22-6-4-5-7-24(22)28)29-16-25-31-30-18(3)32(25)27(23)33-21/h4-11,15,17H,12-14,16H2,1-3H3. The van der Waals surface area contributed by atoms with E-state index in [9.17, 15) is 0 Å². The van der Waals surface area contributed by atoms with Gasteiger partial charge in [-0.3, -0.25) is 9.56 Å². The zero-order chi connectivity index (χ0) is 22.9. The summed E-state index contributed by atoms with van der Waals surface area (Å²) in [5.41, 5.74) is 5.78. The number of halogens is 1. The summed E-state index contributed by atoms with van der Waals surface area (Å²) >= 11 is 8.38. The van der Waals surface area contributed by atoms with Gasteiger partial charge in [-0.25, -0.2) is 0 Å². The summed E-state index contributed by atoms with van der Waals surface area (Å²) < 4.78 is 2.15. The molecule has 0 N–H and O–H groups in total. The molecule has 0 radical (unpaired) electrons. The van der Waals surface area contributed by atoms with Gasteiger partial charge in [-0.15, -0.1) is 21.5 Å². The van der Waals surface area contributed by atoms with Gasteiger partial charge in [-0.1, -0.05) is 67.9 Å². The lowest BCUT2D eigenvalue weighted by Gasteiger charge is -2.08. The van der Waals surface area contributed by atoms with Gasteiger partial charge < -0.3 is 0 Å². The lowest BCUT2D eigenvalue weighted by atomic mass is 10.00. The van der Waals surface area contributed by atoms with E-state index in [4.69, 9.17) is 16.6 Å². The molecule has 1 aliphatic heterocycles. The van der Waals surface area contributed by atoms with Crippen LogP contribution in [0.3, 0.4) is 0 Å². The summed E-state index contributed by atoms with van der Waals surface area (Å²) in [7, 11) is 0. The summed E-state index contributed by atoms with van der Waals surface area (Å²) in [6.45, 7) is 7.01. The van der Waals surface area contributed by atoms with Crippen molar-refractivity contribution in [3.8, 4) is 5.00 Å². The van der Waals surface area contributed by atoms with E-state index in [0.717, 1.165) is 52.8 Å². The van der Waals surface area contributed by atoms with Gasteiger partial charge in [-0.05, 0) is 55.4 Å². The Bertz CT molecular complexity index is 1310. The Morgan fingerprint density at radius 1 is 0.970 bits per heavy atom. The monoisotopic (exact) mass is 474 g/mol. The first-order valence-electron chi connectivity index (χ1n) is 11.4. The Labute approximate surface area is 204 Å². The molecule has 0 aliphatic carbocycles. The SMILES string of the molecule is Cc1nnc2n1-c1sc(CCc3ccc(CC(C)C)cc3)cc1C(c1ccccc1Cl)=NC2. The number of rotatable bonds is 6. The minimum Gasteiger partial charge on any atom is -0.276 e. The van der Waals surface area contributed by atoms with Crippen LogP contribution in [-0.2, 0) is 25.8 Å². The van der Waals surface area contributed by atoms with Gasteiger partial charge in [0.05, 0.1) is 5.71 Å². The highest BCUT2D eigenvalue weighted by molar-refractivity contribution is 7.15. The molecular formula is C27H27ClN4S. The van der Waals surface area contributed by atoms with Gasteiger partial charge in [0, 0.05) is 21.0 Å². The van der Waals surface area contributed by atoms with E-state index < -0.39 is 0 Å². The van der Waals surface area contributed by atoms with E-state index in [1.165, 1.54) is 16.0 Å². The van der Waals surface area contributed by atoms with Crippen LogP contribution in [0.25, 0.3) is 5.00 Å². The van der Waals surface area contributed by atoms with Crippen molar-refractivity contribution in [2.75, 3.05) is 0 Å². The smallest absolute Gasteiger partial charge is 0.160 e. The second-order valence-corrected chi connectivity index (χ2v) is 10.5. The molecule has 0 spiro atoms. The van der Waals surface area contributed by atoms with Crippen LogP contribution in [0, 0.1) is 12.8 Å². The molecule has 0 bridgehead atoms. The third kappa shape index (κ3) is 4.53. The van der Waals surface area contributed by atoms with Crippen LogP contribution in [0.15, 0.2) is 59.6 Å². The average Bonchev–Trinajstić information content (AvgIpc) is 3.33. The van der Waals surface area contributed by atoms with Crippen molar-refractivity contribution >= 4 is 28.6 Å². The van der Waals surface area contributed by atoms with Gasteiger partial charge in [0.1, 0.15) is 17.4 Å². The maximum Gasteiger partial charge on any atom is 0.160 e. The summed E-state index contributed by atoms with van der Waals surface area (Å²) in [5.74, 6) is 2.43. The van der Waals surface area contributed by atoms with Crippen molar-refractivity contribution in [1.82, 2.24) is 14.8 Å². The number of aryl methyl sites for hydroxylation is 3. The highest BCUT2D eigenvalue weighted by Crippen LogP contribution is 2.35. The van der Waals surface area contributed by atoms with E-state index >= 15 is 0 Å².